The lowest BCUT2D eigenvalue weighted by atomic mass is 9.96. The summed E-state index contributed by atoms with van der Waals surface area (Å²) in [5, 5.41) is 9.49. The second-order valence-corrected chi connectivity index (χ2v) is 15.4. The Morgan fingerprint density at radius 2 is 1.27 bits per heavy atom. The van der Waals surface area contributed by atoms with Gasteiger partial charge in [-0.05, 0) is 30.9 Å². The largest absolute Gasteiger partial charge is 0.396 e. The molecule has 62 heavy (non-hydrogen) atoms. The zero-order valence-electron chi connectivity index (χ0n) is 36.0. The molecule has 0 aromatic heterocycles. The maximum atomic E-state index is 13.5. The highest BCUT2D eigenvalue weighted by Crippen LogP contribution is 2.36. The Morgan fingerprint density at radius 1 is 0.677 bits per heavy atom. The van der Waals surface area contributed by atoms with Crippen LogP contribution in [0.15, 0.2) is 65.8 Å². The van der Waals surface area contributed by atoms with Crippen LogP contribution in [-0.4, -0.2) is 157 Å². The number of likely N-dealkylation sites (tertiary alicyclic amines) is 1. The summed E-state index contributed by atoms with van der Waals surface area (Å²) in [7, 11) is 0. The molecular weight excluding hydrogens is 795 g/mol. The first-order valence-electron chi connectivity index (χ1n) is 21.9. The van der Waals surface area contributed by atoms with Crippen LogP contribution in [0.4, 0.5) is 5.69 Å². The van der Waals surface area contributed by atoms with Crippen LogP contribution in [0.3, 0.4) is 0 Å². The second kappa shape index (κ2) is 27.1. The fraction of sp³-hybridized carbons (Fsp3) is 0.556. The smallest absolute Gasteiger partial charge is 0.246 e. The molecule has 2 aromatic rings. The van der Waals surface area contributed by atoms with E-state index in [9.17, 15) is 19.2 Å². The maximum Gasteiger partial charge on any atom is 0.246 e. The molecule has 3 aliphatic heterocycles. The summed E-state index contributed by atoms with van der Waals surface area (Å²) in [4.78, 5) is 58.9. The Labute approximate surface area is 365 Å². The monoisotopic (exact) mass is 859 g/mol. The molecule has 3 aliphatic rings. The van der Waals surface area contributed by atoms with E-state index in [1.165, 1.54) is 6.42 Å². The van der Waals surface area contributed by atoms with Gasteiger partial charge in [0.05, 0.1) is 70.8 Å². The third-order valence-electron chi connectivity index (χ3n) is 11.0. The van der Waals surface area contributed by atoms with Gasteiger partial charge >= 0.3 is 0 Å². The number of hydrogen-bond acceptors (Lipinski definition) is 13. The highest BCUT2D eigenvalue weighted by molar-refractivity contribution is 6.02. The quantitative estimate of drug-likeness (QED) is 0.0650. The molecule has 338 valence electrons. The fourth-order valence-electron chi connectivity index (χ4n) is 7.49. The van der Waals surface area contributed by atoms with Crippen LogP contribution in [0.5, 0.6) is 0 Å². The Bertz CT molecular complexity index is 1810. The van der Waals surface area contributed by atoms with Crippen molar-refractivity contribution in [2.45, 2.75) is 45.1 Å². The Morgan fingerprint density at radius 3 is 1.98 bits per heavy atom. The van der Waals surface area contributed by atoms with Gasteiger partial charge in [0.2, 0.25) is 23.6 Å². The number of hydrogen-bond donors (Lipinski definition) is 4. The first-order chi connectivity index (χ1) is 30.3. The molecule has 0 spiro atoms. The van der Waals surface area contributed by atoms with Crippen molar-refractivity contribution in [3.63, 3.8) is 0 Å². The molecule has 0 saturated carbocycles. The minimum Gasteiger partial charge on any atom is -0.396 e. The number of carbonyl (C=O) groups excluding carboxylic acids is 4. The van der Waals surface area contributed by atoms with Crippen LogP contribution in [0.25, 0.3) is 11.4 Å². The van der Waals surface area contributed by atoms with Crippen molar-refractivity contribution in [3.8, 4) is 0 Å². The van der Waals surface area contributed by atoms with Gasteiger partial charge < -0.3 is 45.1 Å². The van der Waals surface area contributed by atoms with Crippen molar-refractivity contribution in [1.82, 2.24) is 25.3 Å². The number of para-hydroxylation sites is 1. The van der Waals surface area contributed by atoms with Crippen LogP contribution < -0.4 is 21.3 Å². The third kappa shape index (κ3) is 16.0. The van der Waals surface area contributed by atoms with E-state index in [4.69, 9.17) is 30.2 Å². The predicted octanol–water partition coefficient (Wildman–Crippen LogP) is 3.00. The Hall–Kier alpha value is -5.04. The van der Waals surface area contributed by atoms with Crippen LogP contribution in [0.1, 0.15) is 55.2 Å². The van der Waals surface area contributed by atoms with E-state index in [-0.39, 0.29) is 48.7 Å². The Balaban J connectivity index is 0.799. The van der Waals surface area contributed by atoms with Crippen LogP contribution in [0.2, 0.25) is 0 Å². The maximum absolute atomic E-state index is 13.5. The zero-order valence-corrected chi connectivity index (χ0v) is 36.0. The predicted molar refractivity (Wildman–Crippen MR) is 236 cm³/mol. The van der Waals surface area contributed by atoms with E-state index in [1.807, 2.05) is 47.4 Å². The van der Waals surface area contributed by atoms with Crippen LogP contribution >= 0.6 is 0 Å². The van der Waals surface area contributed by atoms with Crippen molar-refractivity contribution in [2.75, 3.05) is 123 Å². The highest BCUT2D eigenvalue weighted by atomic mass is 16.6. The number of nitrogens with zero attached hydrogens (tertiary/aromatic N) is 5. The number of benzene rings is 2. The molecule has 0 bridgehead atoms. The molecule has 5 rings (SSSR count). The topological polar surface area (TPSA) is 204 Å². The second-order valence-electron chi connectivity index (χ2n) is 15.4. The first-order valence-corrected chi connectivity index (χ1v) is 21.9. The average Bonchev–Trinajstić information content (AvgIpc) is 3.29. The number of nitrogens with two attached hydrogens (primary N) is 1. The molecule has 2 fully saturated rings. The highest BCUT2D eigenvalue weighted by Gasteiger charge is 2.26. The van der Waals surface area contributed by atoms with E-state index >= 15 is 0 Å². The summed E-state index contributed by atoms with van der Waals surface area (Å²) >= 11 is 0. The number of ether oxygens (including phenoxy) is 4. The van der Waals surface area contributed by atoms with E-state index < -0.39 is 0 Å². The number of nitrogens with one attached hydrogen (secondary N) is 3. The molecule has 0 radical (unpaired) electrons. The number of piperidine rings is 1. The SMILES string of the molecule is N=N/C1=C(\N)c2ccccc2CN(C(=O)CCC(=O)NCCOCCOCCOCCOCCC(=O)NCCN2CCN(C/C=C/C(=O)N3CCCCC3)CC2)c2ccccc21. The van der Waals surface area contributed by atoms with E-state index in [0.717, 1.165) is 76.3 Å². The normalized spacial score (nSPS) is 17.2. The lowest BCUT2D eigenvalue weighted by Crippen LogP contribution is -2.48. The minimum atomic E-state index is -0.255. The minimum absolute atomic E-state index is 0.000487. The standard InChI is InChI=1S/C45H65N9O8/c46-44-37-10-3-2-9-36(37)35-54(39-12-5-4-11-38(39)45(44)50-47)43(58)15-14-40(55)49-18-28-60-30-32-62-34-33-61-31-29-59-27-16-41(56)48-17-22-52-25-23-51(24-26-52)19-8-13-42(57)53-20-6-1-7-21-53/h2-5,8-13,47H,1,6-7,14-35,46H2,(H,48,56)(H,49,55)/b13-8+,45-44-,50-47?. The molecule has 4 amide bonds. The summed E-state index contributed by atoms with van der Waals surface area (Å²) in [6.07, 6.45) is 7.46. The van der Waals surface area contributed by atoms with E-state index in [1.54, 1.807) is 23.1 Å². The average molecular weight is 860 g/mol. The number of fused-ring (bicyclic) bond motifs is 2. The summed E-state index contributed by atoms with van der Waals surface area (Å²) < 4.78 is 22.2. The number of anilines is 1. The molecule has 0 aliphatic carbocycles. The van der Waals surface area contributed by atoms with Gasteiger partial charge in [-0.2, -0.15) is 5.11 Å². The van der Waals surface area contributed by atoms with Gasteiger partial charge in [-0.1, -0.05) is 48.5 Å². The van der Waals surface area contributed by atoms with Crippen molar-refractivity contribution in [2.24, 2.45) is 10.8 Å². The van der Waals surface area contributed by atoms with Gasteiger partial charge in [0.25, 0.3) is 0 Å². The van der Waals surface area contributed by atoms with Crippen molar-refractivity contribution in [3.05, 3.63) is 77.4 Å². The summed E-state index contributed by atoms with van der Waals surface area (Å²) in [5.74, 6) is -0.381. The summed E-state index contributed by atoms with van der Waals surface area (Å²) in [5.41, 5.74) is 17.6. The zero-order chi connectivity index (χ0) is 43.8. The van der Waals surface area contributed by atoms with Gasteiger partial charge in [0.1, 0.15) is 5.70 Å². The third-order valence-corrected chi connectivity index (χ3v) is 11.0. The summed E-state index contributed by atoms with van der Waals surface area (Å²) in [6, 6.07) is 14.7. The molecule has 2 saturated heterocycles. The number of carbonyl (C=O) groups is 4. The van der Waals surface area contributed by atoms with E-state index in [0.29, 0.717) is 89.3 Å². The number of piperazine rings is 1. The molecule has 0 atom stereocenters. The molecule has 3 heterocycles. The molecule has 0 unspecified atom stereocenters. The number of amides is 4. The lowest BCUT2D eigenvalue weighted by molar-refractivity contribution is -0.127. The van der Waals surface area contributed by atoms with Gasteiger partial charge in [-0.25, -0.2) is 5.53 Å². The van der Waals surface area contributed by atoms with Gasteiger partial charge in [0.15, 0.2) is 0 Å². The van der Waals surface area contributed by atoms with Gasteiger partial charge in [0, 0.05) is 102 Å². The molecular formula is C45H65N9O8. The molecule has 5 N–H and O–H groups in total. The Kier molecular flexibility index (Phi) is 21.0. The first kappa shape index (κ1) is 48.0. The van der Waals surface area contributed by atoms with Crippen molar-refractivity contribution < 1.29 is 38.1 Å². The lowest BCUT2D eigenvalue weighted by Gasteiger charge is -2.34. The van der Waals surface area contributed by atoms with Crippen LogP contribution in [0, 0.1) is 5.53 Å². The van der Waals surface area contributed by atoms with Gasteiger partial charge in [-0.15, -0.1) is 0 Å². The molecule has 17 nitrogen and oxygen atoms in total. The summed E-state index contributed by atoms with van der Waals surface area (Å²) in [6.45, 7) is 11.3. The fourth-order valence-corrected chi connectivity index (χ4v) is 7.49. The van der Waals surface area contributed by atoms with Crippen LogP contribution in [-0.2, 0) is 44.7 Å². The van der Waals surface area contributed by atoms with Crippen molar-refractivity contribution in [1.29, 1.82) is 5.53 Å². The van der Waals surface area contributed by atoms with Gasteiger partial charge in [-0.3, -0.25) is 29.0 Å². The number of rotatable bonds is 25. The van der Waals surface area contributed by atoms with E-state index in [2.05, 4.69) is 25.5 Å². The molecule has 2 aromatic carbocycles. The van der Waals surface area contributed by atoms with Crippen molar-refractivity contribution >= 4 is 40.7 Å². The molecule has 17 heteroatoms.